The zero-order valence-electron chi connectivity index (χ0n) is 15.2. The van der Waals surface area contributed by atoms with Crippen LogP contribution in [0.1, 0.15) is 63.5 Å². The summed E-state index contributed by atoms with van der Waals surface area (Å²) in [6, 6.07) is 6.87. The lowest BCUT2D eigenvalue weighted by Crippen LogP contribution is -2.60. The van der Waals surface area contributed by atoms with Crippen LogP contribution in [0, 0.1) is 5.92 Å². The average molecular weight is 325 g/mol. The molecule has 0 unspecified atom stereocenters. The number of phenols is 1. The van der Waals surface area contributed by atoms with Gasteiger partial charge in [0, 0.05) is 18.0 Å². The normalized spacial score (nSPS) is 33.0. The molecule has 1 heterocycles. The summed E-state index contributed by atoms with van der Waals surface area (Å²) in [6.45, 7) is 6.83. The number of nitrogens with zero attached hydrogens (tertiary/aromatic N) is 1. The highest BCUT2D eigenvalue weighted by Crippen LogP contribution is 2.56. The van der Waals surface area contributed by atoms with E-state index < -0.39 is 0 Å². The van der Waals surface area contributed by atoms with Crippen LogP contribution in [0.4, 0.5) is 0 Å². The number of fused-ring (bicyclic) bond motifs is 1. The van der Waals surface area contributed by atoms with E-state index in [1.54, 1.807) is 0 Å². The van der Waals surface area contributed by atoms with Crippen molar-refractivity contribution in [2.45, 2.75) is 70.3 Å². The molecular formula is C22H31NO. The number of likely N-dealkylation sites (tertiary alicyclic amines) is 1. The fourth-order valence-electron chi connectivity index (χ4n) is 5.72. The highest BCUT2D eigenvalue weighted by atomic mass is 16.3. The zero-order chi connectivity index (χ0) is 16.7. The Morgan fingerprint density at radius 2 is 2.21 bits per heavy atom. The maximum Gasteiger partial charge on any atom is 0.115 e. The predicted molar refractivity (Wildman–Crippen MR) is 99.5 cm³/mol. The smallest absolute Gasteiger partial charge is 0.115 e. The summed E-state index contributed by atoms with van der Waals surface area (Å²) in [7, 11) is 0. The number of hydrogen-bond donors (Lipinski definition) is 1. The molecule has 1 N–H and O–H groups in total. The van der Waals surface area contributed by atoms with Gasteiger partial charge in [-0.3, -0.25) is 4.90 Å². The van der Waals surface area contributed by atoms with Crippen LogP contribution in [0.5, 0.6) is 5.75 Å². The first-order valence-electron chi connectivity index (χ1n) is 9.86. The first-order valence-corrected chi connectivity index (χ1v) is 9.86. The van der Waals surface area contributed by atoms with Gasteiger partial charge in [0.05, 0.1) is 0 Å². The molecule has 3 aliphatic rings. The Morgan fingerprint density at radius 1 is 1.33 bits per heavy atom. The van der Waals surface area contributed by atoms with Gasteiger partial charge in [0.25, 0.3) is 0 Å². The molecule has 1 aromatic carbocycles. The molecule has 1 aliphatic heterocycles. The number of piperidine rings is 1. The Labute approximate surface area is 146 Å². The Morgan fingerprint density at radius 3 is 3.04 bits per heavy atom. The van der Waals surface area contributed by atoms with Crippen LogP contribution in [0.15, 0.2) is 29.8 Å². The van der Waals surface area contributed by atoms with E-state index in [0.717, 1.165) is 18.9 Å². The quantitative estimate of drug-likeness (QED) is 0.806. The summed E-state index contributed by atoms with van der Waals surface area (Å²) in [5.41, 5.74) is 4.84. The van der Waals surface area contributed by atoms with Gasteiger partial charge in [0.2, 0.25) is 0 Å². The molecular weight excluding hydrogens is 294 g/mol. The van der Waals surface area contributed by atoms with Crippen LogP contribution in [-0.2, 0) is 11.8 Å². The first-order chi connectivity index (χ1) is 11.6. The molecule has 2 fully saturated rings. The number of aromatic hydroxyl groups is 1. The maximum atomic E-state index is 10.1. The molecule has 2 aliphatic carbocycles. The Bertz CT molecular complexity index is 649. The van der Waals surface area contributed by atoms with Crippen molar-refractivity contribution in [3.8, 4) is 5.75 Å². The van der Waals surface area contributed by atoms with E-state index in [0.29, 0.717) is 17.2 Å². The molecule has 2 heteroatoms. The molecule has 2 bridgehead atoms. The Hall–Kier alpha value is -1.28. The van der Waals surface area contributed by atoms with Crippen LogP contribution in [0.25, 0.3) is 0 Å². The Kier molecular flexibility index (Phi) is 4.20. The van der Waals surface area contributed by atoms with Gasteiger partial charge in [-0.05, 0) is 74.8 Å². The molecule has 24 heavy (non-hydrogen) atoms. The van der Waals surface area contributed by atoms with E-state index in [-0.39, 0.29) is 0 Å². The second-order valence-electron chi connectivity index (χ2n) is 8.27. The van der Waals surface area contributed by atoms with Gasteiger partial charge in [-0.15, -0.1) is 0 Å². The highest BCUT2D eigenvalue weighted by molar-refractivity contribution is 5.45. The second-order valence-corrected chi connectivity index (χ2v) is 8.27. The summed E-state index contributed by atoms with van der Waals surface area (Å²) < 4.78 is 0. The molecule has 0 aromatic heterocycles. The van der Waals surface area contributed by atoms with Crippen molar-refractivity contribution in [1.29, 1.82) is 0 Å². The van der Waals surface area contributed by atoms with E-state index in [1.165, 1.54) is 61.8 Å². The van der Waals surface area contributed by atoms with Gasteiger partial charge >= 0.3 is 0 Å². The molecule has 1 saturated heterocycles. The summed E-state index contributed by atoms with van der Waals surface area (Å²) >= 11 is 0. The van der Waals surface area contributed by atoms with E-state index >= 15 is 0 Å². The third kappa shape index (κ3) is 2.50. The van der Waals surface area contributed by atoms with Gasteiger partial charge in [0.15, 0.2) is 0 Å². The third-order valence-corrected chi connectivity index (χ3v) is 7.17. The summed E-state index contributed by atoms with van der Waals surface area (Å²) in [5.74, 6) is 1.24. The number of phenolic OH excluding ortho intramolecular Hbond substituents is 1. The minimum atomic E-state index is 0.343. The van der Waals surface area contributed by atoms with Crippen molar-refractivity contribution in [1.82, 2.24) is 4.90 Å². The molecule has 2 nitrogen and oxygen atoms in total. The van der Waals surface area contributed by atoms with Crippen molar-refractivity contribution in [3.63, 3.8) is 0 Å². The van der Waals surface area contributed by atoms with Crippen LogP contribution in [-0.4, -0.2) is 29.1 Å². The number of hydrogen-bond acceptors (Lipinski definition) is 2. The minimum absolute atomic E-state index is 0.343. The fourth-order valence-corrected chi connectivity index (χ4v) is 5.72. The maximum absolute atomic E-state index is 10.1. The molecule has 0 spiro atoms. The molecule has 1 saturated carbocycles. The molecule has 1 aromatic rings. The van der Waals surface area contributed by atoms with E-state index in [9.17, 15) is 5.11 Å². The van der Waals surface area contributed by atoms with Crippen molar-refractivity contribution < 1.29 is 5.11 Å². The van der Waals surface area contributed by atoms with Crippen LogP contribution < -0.4 is 0 Å². The van der Waals surface area contributed by atoms with Gasteiger partial charge < -0.3 is 5.11 Å². The molecule has 4 rings (SSSR count). The van der Waals surface area contributed by atoms with Crippen LogP contribution in [0.3, 0.4) is 0 Å². The van der Waals surface area contributed by atoms with Crippen molar-refractivity contribution in [2.24, 2.45) is 5.92 Å². The van der Waals surface area contributed by atoms with Crippen LogP contribution >= 0.6 is 0 Å². The van der Waals surface area contributed by atoms with Gasteiger partial charge in [-0.25, -0.2) is 0 Å². The molecule has 3 atom stereocenters. The minimum Gasteiger partial charge on any atom is -0.508 e. The number of rotatable bonds is 3. The Balaban J connectivity index is 1.71. The monoisotopic (exact) mass is 325 g/mol. The van der Waals surface area contributed by atoms with Crippen molar-refractivity contribution >= 4 is 0 Å². The first kappa shape index (κ1) is 16.2. The largest absolute Gasteiger partial charge is 0.508 e. The average Bonchev–Trinajstić information content (AvgIpc) is 2.61. The molecule has 0 radical (unpaired) electrons. The van der Waals surface area contributed by atoms with E-state index in [4.69, 9.17) is 0 Å². The van der Waals surface area contributed by atoms with Crippen molar-refractivity contribution in [3.05, 3.63) is 41.0 Å². The fraction of sp³-hybridized carbons (Fsp3) is 0.636. The predicted octanol–water partition coefficient (Wildman–Crippen LogP) is 4.81. The van der Waals surface area contributed by atoms with Gasteiger partial charge in [-0.2, -0.15) is 0 Å². The lowest BCUT2D eigenvalue weighted by atomic mass is 9.52. The third-order valence-electron chi connectivity index (χ3n) is 7.17. The summed E-state index contributed by atoms with van der Waals surface area (Å²) in [5, 5.41) is 10.1. The van der Waals surface area contributed by atoms with E-state index in [1.807, 2.05) is 6.07 Å². The summed E-state index contributed by atoms with van der Waals surface area (Å²) in [4.78, 5) is 2.75. The SMILES string of the molecule is CC/C(C)=C/CN1CC[C@@]23CCCC[C@H]2[C@@H]1Cc1ccc(O)cc13. The number of allylic oxidation sites excluding steroid dienone is 1. The van der Waals surface area contributed by atoms with E-state index in [2.05, 4.69) is 37.0 Å². The lowest BCUT2D eigenvalue weighted by Gasteiger charge is -2.59. The standard InChI is InChI=1S/C22H31NO/c1-3-16(2)9-12-23-13-11-22-10-5-4-6-19(22)21(23)14-17-7-8-18(24)15-20(17)22/h7-9,15,19,21,24H,3-6,10-14H2,1-2H3/b16-9+/t19-,21-,22-/m0/s1. The van der Waals surface area contributed by atoms with Gasteiger partial charge in [-0.1, -0.05) is 37.5 Å². The zero-order valence-corrected chi connectivity index (χ0v) is 15.2. The van der Waals surface area contributed by atoms with Crippen molar-refractivity contribution in [2.75, 3.05) is 13.1 Å². The lowest BCUT2D eigenvalue weighted by molar-refractivity contribution is -0.00530. The van der Waals surface area contributed by atoms with Gasteiger partial charge in [0.1, 0.15) is 5.75 Å². The second kappa shape index (κ2) is 6.22. The topological polar surface area (TPSA) is 23.5 Å². The number of benzene rings is 1. The molecule has 0 amide bonds. The van der Waals surface area contributed by atoms with Crippen LogP contribution in [0.2, 0.25) is 0 Å². The molecule has 130 valence electrons. The summed E-state index contributed by atoms with van der Waals surface area (Å²) in [6.07, 6.45) is 11.5. The highest BCUT2D eigenvalue weighted by Gasteiger charge is 2.53.